The number of anilines is 1. The molecule has 8 nitrogen and oxygen atoms in total. The van der Waals surface area contributed by atoms with Crippen molar-refractivity contribution in [2.45, 2.75) is 66.1 Å². The Morgan fingerprint density at radius 1 is 0.974 bits per heavy atom. The van der Waals surface area contributed by atoms with Crippen molar-refractivity contribution in [3.05, 3.63) is 63.1 Å². The summed E-state index contributed by atoms with van der Waals surface area (Å²) in [5.74, 6) is -0.822. The molecule has 0 bridgehead atoms. The Kier molecular flexibility index (Phi) is 11.4. The second-order valence-electron chi connectivity index (χ2n) is 9.60. The first-order valence-corrected chi connectivity index (χ1v) is 14.7. The van der Waals surface area contributed by atoms with Gasteiger partial charge in [-0.25, -0.2) is 4.31 Å². The van der Waals surface area contributed by atoms with E-state index in [4.69, 9.17) is 23.2 Å². The Balaban J connectivity index is 2.58. The normalized spacial score (nSPS) is 13.2. The van der Waals surface area contributed by atoms with Crippen LogP contribution in [0.5, 0.6) is 0 Å². The van der Waals surface area contributed by atoms with Gasteiger partial charge in [0, 0.05) is 26.7 Å². The summed E-state index contributed by atoms with van der Waals surface area (Å²) in [6.45, 7) is 8.87. The molecule has 38 heavy (non-hydrogen) atoms. The van der Waals surface area contributed by atoms with Crippen molar-refractivity contribution in [2.75, 3.05) is 24.9 Å². The van der Waals surface area contributed by atoms with Gasteiger partial charge in [0.1, 0.15) is 12.6 Å². The maximum atomic E-state index is 14.0. The molecule has 0 unspecified atom stereocenters. The van der Waals surface area contributed by atoms with Gasteiger partial charge in [0.2, 0.25) is 11.8 Å². The number of aryl methyl sites for hydroxylation is 2. The molecule has 0 fully saturated rings. The van der Waals surface area contributed by atoms with E-state index in [0.717, 1.165) is 20.6 Å². The molecule has 0 aliphatic carbocycles. The first-order valence-electron chi connectivity index (χ1n) is 12.5. The summed E-state index contributed by atoms with van der Waals surface area (Å²) in [4.78, 5) is 28.7. The van der Waals surface area contributed by atoms with Crippen LogP contribution in [-0.4, -0.2) is 62.2 Å². The molecule has 0 aliphatic rings. The van der Waals surface area contributed by atoms with Crippen molar-refractivity contribution in [2.24, 2.45) is 0 Å². The Morgan fingerprint density at radius 3 is 2.18 bits per heavy atom. The van der Waals surface area contributed by atoms with Crippen LogP contribution in [0, 0.1) is 13.8 Å². The van der Waals surface area contributed by atoms with Gasteiger partial charge in [-0.15, -0.1) is 0 Å². The highest BCUT2D eigenvalue weighted by Gasteiger charge is 2.34. The minimum absolute atomic E-state index is 0.0464. The van der Waals surface area contributed by atoms with Gasteiger partial charge in [-0.2, -0.15) is 12.7 Å². The Bertz CT molecular complexity index is 1250. The first kappa shape index (κ1) is 31.9. The highest BCUT2D eigenvalue weighted by Crippen LogP contribution is 2.27. The predicted molar refractivity (Wildman–Crippen MR) is 155 cm³/mol. The quantitative estimate of drug-likeness (QED) is 0.382. The minimum Gasteiger partial charge on any atom is -0.352 e. The molecule has 0 radical (unpaired) electrons. The molecule has 0 aliphatic heterocycles. The summed E-state index contributed by atoms with van der Waals surface area (Å²) < 4.78 is 29.0. The molecule has 2 aromatic rings. The van der Waals surface area contributed by atoms with E-state index in [2.05, 4.69) is 5.32 Å². The summed E-state index contributed by atoms with van der Waals surface area (Å²) in [6.07, 6.45) is 1.06. The van der Waals surface area contributed by atoms with E-state index in [1.165, 1.54) is 19.0 Å². The molecule has 2 aromatic carbocycles. The van der Waals surface area contributed by atoms with Gasteiger partial charge in [0.25, 0.3) is 0 Å². The lowest BCUT2D eigenvalue weighted by Gasteiger charge is -2.34. The Hall–Kier alpha value is -2.33. The van der Waals surface area contributed by atoms with Crippen molar-refractivity contribution in [1.29, 1.82) is 0 Å². The predicted octanol–water partition coefficient (Wildman–Crippen LogP) is 4.95. The molecular weight excluding hydrogens is 547 g/mol. The SMILES string of the molecule is CC[C@H](C(=O)N[C@@H](C)CC)N(Cc1ccc(Cl)c(Cl)c1)C(=O)CN(c1cc(C)ccc1C)S(=O)(=O)N(C)C. The lowest BCUT2D eigenvalue weighted by Crippen LogP contribution is -2.54. The van der Waals surface area contributed by atoms with E-state index < -0.39 is 28.7 Å². The van der Waals surface area contributed by atoms with Crippen LogP contribution in [0.4, 0.5) is 5.69 Å². The number of rotatable bonds is 12. The summed E-state index contributed by atoms with van der Waals surface area (Å²) in [5, 5.41) is 3.64. The van der Waals surface area contributed by atoms with Crippen molar-refractivity contribution < 1.29 is 18.0 Å². The molecule has 2 atom stereocenters. The van der Waals surface area contributed by atoms with Gasteiger partial charge in [0.05, 0.1) is 15.7 Å². The summed E-state index contributed by atoms with van der Waals surface area (Å²) in [7, 11) is -1.21. The number of carbonyl (C=O) groups is 2. The average molecular weight is 586 g/mol. The van der Waals surface area contributed by atoms with Gasteiger partial charge >= 0.3 is 10.2 Å². The number of nitrogens with zero attached hydrogens (tertiary/aromatic N) is 3. The lowest BCUT2D eigenvalue weighted by molar-refractivity contribution is -0.140. The van der Waals surface area contributed by atoms with Gasteiger partial charge in [-0.05, 0) is 68.5 Å². The van der Waals surface area contributed by atoms with Crippen molar-refractivity contribution in [1.82, 2.24) is 14.5 Å². The zero-order valence-electron chi connectivity index (χ0n) is 23.1. The number of hydrogen-bond acceptors (Lipinski definition) is 4. The molecule has 11 heteroatoms. The molecule has 0 aromatic heterocycles. The second kappa shape index (κ2) is 13.6. The minimum atomic E-state index is -4.04. The molecular formula is C27H38Cl2N4O4S. The first-order chi connectivity index (χ1) is 17.7. The lowest BCUT2D eigenvalue weighted by atomic mass is 10.1. The van der Waals surface area contributed by atoms with E-state index in [0.29, 0.717) is 33.3 Å². The fourth-order valence-electron chi connectivity index (χ4n) is 3.89. The average Bonchev–Trinajstić information content (AvgIpc) is 2.85. The topological polar surface area (TPSA) is 90.0 Å². The van der Waals surface area contributed by atoms with Crippen LogP contribution in [0.15, 0.2) is 36.4 Å². The van der Waals surface area contributed by atoms with Gasteiger partial charge in [-0.1, -0.05) is 55.2 Å². The maximum absolute atomic E-state index is 14.0. The third-order valence-corrected chi connectivity index (χ3v) is 8.92. The molecule has 0 spiro atoms. The van der Waals surface area contributed by atoms with Crippen molar-refractivity contribution in [3.63, 3.8) is 0 Å². The van der Waals surface area contributed by atoms with Crippen LogP contribution in [0.3, 0.4) is 0 Å². The van der Waals surface area contributed by atoms with E-state index in [9.17, 15) is 18.0 Å². The largest absolute Gasteiger partial charge is 0.352 e. The number of amides is 2. The molecule has 2 rings (SSSR count). The van der Waals surface area contributed by atoms with Gasteiger partial charge in [0.15, 0.2) is 0 Å². The number of hydrogen-bond donors (Lipinski definition) is 1. The third kappa shape index (κ3) is 7.85. The van der Waals surface area contributed by atoms with Crippen molar-refractivity contribution >= 4 is 50.9 Å². The van der Waals surface area contributed by atoms with Crippen LogP contribution in [0.25, 0.3) is 0 Å². The van der Waals surface area contributed by atoms with E-state index in [1.54, 1.807) is 31.2 Å². The molecule has 210 valence electrons. The fraction of sp³-hybridized carbons (Fsp3) is 0.481. The third-order valence-electron chi connectivity index (χ3n) is 6.38. The highest BCUT2D eigenvalue weighted by atomic mass is 35.5. The molecule has 0 saturated heterocycles. The number of nitrogens with one attached hydrogen (secondary N) is 1. The van der Waals surface area contributed by atoms with Crippen LogP contribution < -0.4 is 9.62 Å². The van der Waals surface area contributed by atoms with Crippen LogP contribution in [0.2, 0.25) is 10.0 Å². The second-order valence-corrected chi connectivity index (χ2v) is 12.5. The Morgan fingerprint density at radius 2 is 1.63 bits per heavy atom. The Labute approximate surface area is 237 Å². The van der Waals surface area contributed by atoms with Crippen LogP contribution >= 0.6 is 23.2 Å². The standard InChI is InChI=1S/C27H38Cl2N4O4S/c1-8-20(5)30-27(35)24(9-2)32(16-21-12-13-22(28)23(29)15-21)26(34)17-33(38(36,37)31(6)7)25-14-18(3)10-11-19(25)4/h10-15,20,24H,8-9,16-17H2,1-7H3,(H,30,35)/t20-,24+/m0/s1. The van der Waals surface area contributed by atoms with E-state index in [-0.39, 0.29) is 18.5 Å². The number of halogens is 2. The van der Waals surface area contributed by atoms with Crippen LogP contribution in [0.1, 0.15) is 50.3 Å². The summed E-state index contributed by atoms with van der Waals surface area (Å²) in [6, 6.07) is 9.52. The van der Waals surface area contributed by atoms with Crippen LogP contribution in [-0.2, 0) is 26.3 Å². The molecule has 0 saturated carbocycles. The van der Waals surface area contributed by atoms with Crippen molar-refractivity contribution in [3.8, 4) is 0 Å². The highest BCUT2D eigenvalue weighted by molar-refractivity contribution is 7.90. The molecule has 0 heterocycles. The van der Waals surface area contributed by atoms with E-state index in [1.807, 2.05) is 39.8 Å². The number of carbonyl (C=O) groups excluding carboxylic acids is 2. The van der Waals surface area contributed by atoms with E-state index >= 15 is 0 Å². The number of benzene rings is 2. The zero-order valence-corrected chi connectivity index (χ0v) is 25.4. The smallest absolute Gasteiger partial charge is 0.304 e. The monoisotopic (exact) mass is 584 g/mol. The molecule has 1 N–H and O–H groups in total. The molecule has 2 amide bonds. The maximum Gasteiger partial charge on any atom is 0.304 e. The van der Waals surface area contributed by atoms with Gasteiger partial charge in [-0.3, -0.25) is 9.59 Å². The fourth-order valence-corrected chi connectivity index (χ4v) is 5.32. The summed E-state index contributed by atoms with van der Waals surface area (Å²) in [5.41, 5.74) is 2.62. The zero-order chi connectivity index (χ0) is 28.8. The summed E-state index contributed by atoms with van der Waals surface area (Å²) >= 11 is 12.3. The van der Waals surface area contributed by atoms with Gasteiger partial charge < -0.3 is 10.2 Å².